The lowest BCUT2D eigenvalue weighted by Gasteiger charge is -2.25. The highest BCUT2D eigenvalue weighted by Crippen LogP contribution is 2.23. The Morgan fingerprint density at radius 2 is 2.06 bits per heavy atom. The zero-order valence-electron chi connectivity index (χ0n) is 10.5. The van der Waals surface area contributed by atoms with Crippen LogP contribution < -0.4 is 5.32 Å². The first-order chi connectivity index (χ1) is 8.22. The molecule has 0 bridgehead atoms. The standard InChI is InChI=1S/C13H21N3O/c1-10-6-7-12(8-14)16(10)13(17)9-15-11-4-2-3-5-11/h10-12,15H,2-7,9H2,1H3/t10-,12-/m0/s1. The first kappa shape index (κ1) is 12.4. The van der Waals surface area contributed by atoms with Crippen molar-refractivity contribution in [1.29, 1.82) is 5.26 Å². The highest BCUT2D eigenvalue weighted by molar-refractivity contribution is 5.79. The van der Waals surface area contributed by atoms with E-state index in [4.69, 9.17) is 5.26 Å². The van der Waals surface area contributed by atoms with Gasteiger partial charge in [-0.2, -0.15) is 5.26 Å². The summed E-state index contributed by atoms with van der Waals surface area (Å²) in [5.41, 5.74) is 0. The minimum atomic E-state index is -0.206. The van der Waals surface area contributed by atoms with Crippen molar-refractivity contribution in [3.05, 3.63) is 0 Å². The SMILES string of the molecule is C[C@H]1CC[C@@H](C#N)N1C(=O)CNC1CCCC1. The Labute approximate surface area is 103 Å². The molecule has 0 aromatic carbocycles. The molecule has 0 aromatic rings. The van der Waals surface area contributed by atoms with Gasteiger partial charge in [0.1, 0.15) is 6.04 Å². The Bertz CT molecular complexity index is 317. The number of rotatable bonds is 3. The summed E-state index contributed by atoms with van der Waals surface area (Å²) in [4.78, 5) is 13.9. The summed E-state index contributed by atoms with van der Waals surface area (Å²) < 4.78 is 0. The van der Waals surface area contributed by atoms with Gasteiger partial charge in [0.15, 0.2) is 0 Å². The van der Waals surface area contributed by atoms with E-state index < -0.39 is 0 Å². The van der Waals surface area contributed by atoms with Crippen molar-refractivity contribution < 1.29 is 4.79 Å². The van der Waals surface area contributed by atoms with Crippen LogP contribution in [0.15, 0.2) is 0 Å². The molecular weight excluding hydrogens is 214 g/mol. The third-order valence-corrected chi connectivity index (χ3v) is 4.00. The van der Waals surface area contributed by atoms with Crippen LogP contribution in [0.2, 0.25) is 0 Å². The van der Waals surface area contributed by atoms with Gasteiger partial charge in [-0.05, 0) is 32.6 Å². The lowest BCUT2D eigenvalue weighted by molar-refractivity contribution is -0.132. The lowest BCUT2D eigenvalue weighted by Crippen LogP contribution is -2.45. The normalized spacial score (nSPS) is 29.5. The fourth-order valence-electron chi connectivity index (χ4n) is 2.98. The van der Waals surface area contributed by atoms with Gasteiger partial charge < -0.3 is 10.2 Å². The van der Waals surface area contributed by atoms with Crippen LogP contribution in [0.1, 0.15) is 45.4 Å². The maximum absolute atomic E-state index is 12.1. The van der Waals surface area contributed by atoms with Gasteiger partial charge in [-0.1, -0.05) is 12.8 Å². The third kappa shape index (κ3) is 2.78. The van der Waals surface area contributed by atoms with E-state index in [1.807, 2.05) is 6.92 Å². The summed E-state index contributed by atoms with van der Waals surface area (Å²) in [6.45, 7) is 2.43. The molecule has 4 nitrogen and oxygen atoms in total. The van der Waals surface area contributed by atoms with Gasteiger partial charge in [-0.25, -0.2) is 0 Å². The predicted octanol–water partition coefficient (Wildman–Crippen LogP) is 1.42. The van der Waals surface area contributed by atoms with Crippen LogP contribution in [0, 0.1) is 11.3 Å². The molecule has 1 saturated heterocycles. The average Bonchev–Trinajstić information content (AvgIpc) is 2.94. The summed E-state index contributed by atoms with van der Waals surface area (Å²) in [5, 5.41) is 12.3. The topological polar surface area (TPSA) is 56.1 Å². The highest BCUT2D eigenvalue weighted by atomic mass is 16.2. The molecule has 1 aliphatic carbocycles. The van der Waals surface area contributed by atoms with Crippen molar-refractivity contribution in [2.45, 2.75) is 63.6 Å². The quantitative estimate of drug-likeness (QED) is 0.805. The second-order valence-corrected chi connectivity index (χ2v) is 5.23. The number of hydrogen-bond acceptors (Lipinski definition) is 3. The summed E-state index contributed by atoms with van der Waals surface area (Å²) in [6.07, 6.45) is 6.69. The Morgan fingerprint density at radius 1 is 1.35 bits per heavy atom. The molecule has 1 heterocycles. The molecule has 1 amide bonds. The van der Waals surface area contributed by atoms with Crippen LogP contribution in [0.5, 0.6) is 0 Å². The molecule has 0 aromatic heterocycles. The Hall–Kier alpha value is -1.08. The second kappa shape index (κ2) is 5.50. The summed E-state index contributed by atoms with van der Waals surface area (Å²) in [5.74, 6) is 0.0912. The number of carbonyl (C=O) groups is 1. The molecule has 1 saturated carbocycles. The molecule has 1 aliphatic heterocycles. The van der Waals surface area contributed by atoms with Crippen LogP contribution in [0.25, 0.3) is 0 Å². The highest BCUT2D eigenvalue weighted by Gasteiger charge is 2.34. The zero-order valence-corrected chi connectivity index (χ0v) is 10.5. The van der Waals surface area contributed by atoms with Gasteiger partial charge in [0.25, 0.3) is 0 Å². The van der Waals surface area contributed by atoms with Crippen molar-refractivity contribution in [2.75, 3.05) is 6.54 Å². The minimum Gasteiger partial charge on any atom is -0.323 e. The number of amides is 1. The van der Waals surface area contributed by atoms with E-state index in [0.29, 0.717) is 12.6 Å². The van der Waals surface area contributed by atoms with Gasteiger partial charge in [-0.15, -0.1) is 0 Å². The number of carbonyl (C=O) groups excluding carboxylic acids is 1. The smallest absolute Gasteiger partial charge is 0.237 e. The Balaban J connectivity index is 1.83. The fourth-order valence-corrected chi connectivity index (χ4v) is 2.98. The van der Waals surface area contributed by atoms with E-state index >= 15 is 0 Å². The largest absolute Gasteiger partial charge is 0.323 e. The average molecular weight is 235 g/mol. The number of nitriles is 1. The first-order valence-electron chi connectivity index (χ1n) is 6.66. The molecular formula is C13H21N3O. The van der Waals surface area contributed by atoms with Crippen LogP contribution in [0.4, 0.5) is 0 Å². The van der Waals surface area contributed by atoms with Crippen molar-refractivity contribution in [3.63, 3.8) is 0 Å². The number of nitrogens with one attached hydrogen (secondary N) is 1. The van der Waals surface area contributed by atoms with Crippen molar-refractivity contribution in [3.8, 4) is 6.07 Å². The molecule has 2 fully saturated rings. The molecule has 0 radical (unpaired) electrons. The van der Waals surface area contributed by atoms with Crippen molar-refractivity contribution >= 4 is 5.91 Å². The second-order valence-electron chi connectivity index (χ2n) is 5.23. The van der Waals surface area contributed by atoms with Crippen LogP contribution in [0.3, 0.4) is 0 Å². The predicted molar refractivity (Wildman–Crippen MR) is 65.2 cm³/mol. The van der Waals surface area contributed by atoms with Gasteiger partial charge in [0.2, 0.25) is 5.91 Å². The van der Waals surface area contributed by atoms with Crippen LogP contribution in [-0.2, 0) is 4.79 Å². The van der Waals surface area contributed by atoms with E-state index in [0.717, 1.165) is 12.8 Å². The molecule has 0 unspecified atom stereocenters. The van der Waals surface area contributed by atoms with E-state index in [1.54, 1.807) is 4.90 Å². The van der Waals surface area contributed by atoms with Gasteiger partial charge in [0, 0.05) is 12.1 Å². The van der Waals surface area contributed by atoms with Crippen LogP contribution in [-0.4, -0.2) is 35.5 Å². The molecule has 2 rings (SSSR count). The van der Waals surface area contributed by atoms with Gasteiger partial charge >= 0.3 is 0 Å². The lowest BCUT2D eigenvalue weighted by atomic mass is 10.2. The zero-order chi connectivity index (χ0) is 12.3. The van der Waals surface area contributed by atoms with Crippen molar-refractivity contribution in [2.24, 2.45) is 0 Å². The van der Waals surface area contributed by atoms with Crippen LogP contribution >= 0.6 is 0 Å². The van der Waals surface area contributed by atoms with E-state index in [2.05, 4.69) is 11.4 Å². The summed E-state index contributed by atoms with van der Waals surface area (Å²) >= 11 is 0. The van der Waals surface area contributed by atoms with E-state index in [1.165, 1.54) is 25.7 Å². The molecule has 4 heteroatoms. The van der Waals surface area contributed by atoms with E-state index in [9.17, 15) is 4.79 Å². The molecule has 2 aliphatic rings. The Morgan fingerprint density at radius 3 is 2.71 bits per heavy atom. The monoisotopic (exact) mass is 235 g/mol. The molecule has 2 atom stereocenters. The maximum atomic E-state index is 12.1. The first-order valence-corrected chi connectivity index (χ1v) is 6.66. The summed E-state index contributed by atoms with van der Waals surface area (Å²) in [6, 6.07) is 2.76. The van der Waals surface area contributed by atoms with E-state index in [-0.39, 0.29) is 18.0 Å². The third-order valence-electron chi connectivity index (χ3n) is 4.00. The summed E-state index contributed by atoms with van der Waals surface area (Å²) in [7, 11) is 0. The Kier molecular flexibility index (Phi) is 4.01. The molecule has 17 heavy (non-hydrogen) atoms. The molecule has 0 spiro atoms. The number of hydrogen-bond donors (Lipinski definition) is 1. The fraction of sp³-hybridized carbons (Fsp3) is 0.846. The molecule has 94 valence electrons. The number of nitrogens with zero attached hydrogens (tertiary/aromatic N) is 2. The van der Waals surface area contributed by atoms with Gasteiger partial charge in [0.05, 0.1) is 12.6 Å². The minimum absolute atomic E-state index is 0.0912. The maximum Gasteiger partial charge on any atom is 0.237 e. The van der Waals surface area contributed by atoms with Crippen molar-refractivity contribution in [1.82, 2.24) is 10.2 Å². The molecule has 1 N–H and O–H groups in total. The van der Waals surface area contributed by atoms with Gasteiger partial charge in [-0.3, -0.25) is 4.79 Å². The number of likely N-dealkylation sites (tertiary alicyclic amines) is 1.